The summed E-state index contributed by atoms with van der Waals surface area (Å²) in [7, 11) is 1.54. The zero-order valence-electron chi connectivity index (χ0n) is 9.29. The Bertz CT molecular complexity index is 400. The zero-order chi connectivity index (χ0) is 11.5. The summed E-state index contributed by atoms with van der Waals surface area (Å²) in [6, 6.07) is 4.65. The normalized spacial score (nSPS) is 15.2. The summed E-state index contributed by atoms with van der Waals surface area (Å²) in [6.45, 7) is 1.80. The van der Waals surface area contributed by atoms with Crippen LogP contribution in [0.1, 0.15) is 23.2 Å². The van der Waals surface area contributed by atoms with E-state index in [0.717, 1.165) is 25.9 Å². The molecule has 1 N–H and O–H groups in total. The molecule has 0 saturated carbocycles. The van der Waals surface area contributed by atoms with Crippen molar-refractivity contribution in [3.63, 3.8) is 0 Å². The summed E-state index contributed by atoms with van der Waals surface area (Å²) in [4.78, 5) is 13.3. The van der Waals surface area contributed by atoms with Crippen LogP contribution in [0.15, 0.2) is 18.2 Å². The van der Waals surface area contributed by atoms with Gasteiger partial charge in [0.15, 0.2) is 0 Å². The second kappa shape index (κ2) is 4.51. The number of rotatable bonds is 2. The maximum Gasteiger partial charge on any atom is 0.251 e. The van der Waals surface area contributed by atoms with Gasteiger partial charge in [0.25, 0.3) is 5.91 Å². The average Bonchev–Trinajstić information content (AvgIpc) is 2.81. The maximum atomic E-state index is 13.8. The minimum Gasteiger partial charge on any atom is -0.369 e. The Balaban J connectivity index is 2.25. The molecule has 0 bridgehead atoms. The first-order valence-corrected chi connectivity index (χ1v) is 5.49. The molecule has 0 atom stereocenters. The summed E-state index contributed by atoms with van der Waals surface area (Å²) < 4.78 is 13.8. The highest BCUT2D eigenvalue weighted by Crippen LogP contribution is 2.24. The molecule has 4 heteroatoms. The second-order valence-electron chi connectivity index (χ2n) is 3.94. The van der Waals surface area contributed by atoms with Crippen LogP contribution in [0, 0.1) is 5.82 Å². The zero-order valence-corrected chi connectivity index (χ0v) is 9.29. The molecule has 0 aromatic heterocycles. The van der Waals surface area contributed by atoms with Crippen LogP contribution in [0.4, 0.5) is 10.1 Å². The first kappa shape index (κ1) is 10.9. The van der Waals surface area contributed by atoms with Gasteiger partial charge in [-0.1, -0.05) is 0 Å². The number of hydrogen-bond acceptors (Lipinski definition) is 2. The molecule has 1 aliphatic heterocycles. The fourth-order valence-electron chi connectivity index (χ4n) is 2.01. The van der Waals surface area contributed by atoms with Crippen molar-refractivity contribution in [2.75, 3.05) is 25.0 Å². The molecular weight excluding hydrogens is 207 g/mol. The van der Waals surface area contributed by atoms with Crippen molar-refractivity contribution in [3.05, 3.63) is 29.6 Å². The molecule has 3 nitrogen and oxygen atoms in total. The predicted octanol–water partition coefficient (Wildman–Crippen LogP) is 1.79. The largest absolute Gasteiger partial charge is 0.369 e. The molecule has 0 aliphatic carbocycles. The Hall–Kier alpha value is -1.58. The number of nitrogens with one attached hydrogen (secondary N) is 1. The third-order valence-electron chi connectivity index (χ3n) is 2.88. The van der Waals surface area contributed by atoms with Crippen molar-refractivity contribution < 1.29 is 9.18 Å². The van der Waals surface area contributed by atoms with Crippen LogP contribution in [0.5, 0.6) is 0 Å². The predicted molar refractivity (Wildman–Crippen MR) is 61.2 cm³/mol. The minimum absolute atomic E-state index is 0.258. The van der Waals surface area contributed by atoms with Gasteiger partial charge >= 0.3 is 0 Å². The highest BCUT2D eigenvalue weighted by Gasteiger charge is 2.17. The molecular formula is C12H15FN2O. The number of carbonyl (C=O) groups is 1. The van der Waals surface area contributed by atoms with Gasteiger partial charge in [-0.25, -0.2) is 4.39 Å². The molecule has 1 aliphatic rings. The van der Waals surface area contributed by atoms with E-state index in [1.807, 2.05) is 4.90 Å². The van der Waals surface area contributed by atoms with Crippen LogP contribution in [-0.4, -0.2) is 26.0 Å². The number of halogens is 1. The molecule has 1 amide bonds. The van der Waals surface area contributed by atoms with Crippen LogP contribution in [-0.2, 0) is 0 Å². The van der Waals surface area contributed by atoms with E-state index in [2.05, 4.69) is 5.32 Å². The van der Waals surface area contributed by atoms with Gasteiger partial charge in [0.2, 0.25) is 0 Å². The highest BCUT2D eigenvalue weighted by atomic mass is 19.1. The Kier molecular flexibility index (Phi) is 3.08. The van der Waals surface area contributed by atoms with E-state index in [0.29, 0.717) is 11.3 Å². The van der Waals surface area contributed by atoms with E-state index in [4.69, 9.17) is 0 Å². The second-order valence-corrected chi connectivity index (χ2v) is 3.94. The molecule has 1 fully saturated rings. The average molecular weight is 222 g/mol. The van der Waals surface area contributed by atoms with Gasteiger partial charge in [-0.05, 0) is 31.0 Å². The topological polar surface area (TPSA) is 32.3 Å². The van der Waals surface area contributed by atoms with Crippen LogP contribution < -0.4 is 10.2 Å². The van der Waals surface area contributed by atoms with Gasteiger partial charge in [0.1, 0.15) is 5.82 Å². The Morgan fingerprint density at radius 2 is 2.06 bits per heavy atom. The SMILES string of the molecule is CNC(=O)c1ccc(N2CCCC2)c(F)c1. The summed E-state index contributed by atoms with van der Waals surface area (Å²) in [5.41, 5.74) is 0.966. The van der Waals surface area contributed by atoms with Crippen LogP contribution >= 0.6 is 0 Å². The lowest BCUT2D eigenvalue weighted by atomic mass is 10.1. The highest BCUT2D eigenvalue weighted by molar-refractivity contribution is 5.94. The summed E-state index contributed by atoms with van der Waals surface area (Å²) >= 11 is 0. The first-order valence-electron chi connectivity index (χ1n) is 5.49. The van der Waals surface area contributed by atoms with E-state index in [9.17, 15) is 9.18 Å². The lowest BCUT2D eigenvalue weighted by Crippen LogP contribution is -2.21. The smallest absolute Gasteiger partial charge is 0.251 e. The van der Waals surface area contributed by atoms with Crippen LogP contribution in [0.25, 0.3) is 0 Å². The Labute approximate surface area is 94.3 Å². The number of anilines is 1. The van der Waals surface area contributed by atoms with E-state index in [-0.39, 0.29) is 11.7 Å². The lowest BCUT2D eigenvalue weighted by Gasteiger charge is -2.18. The molecule has 1 saturated heterocycles. The summed E-state index contributed by atoms with van der Waals surface area (Å²) in [5.74, 6) is -0.574. The summed E-state index contributed by atoms with van der Waals surface area (Å²) in [5, 5.41) is 2.48. The number of amides is 1. The van der Waals surface area contributed by atoms with Gasteiger partial charge < -0.3 is 10.2 Å². The molecule has 0 radical (unpaired) electrons. The molecule has 1 heterocycles. The first-order chi connectivity index (χ1) is 7.72. The van der Waals surface area contributed by atoms with Crippen molar-refractivity contribution >= 4 is 11.6 Å². The molecule has 0 unspecified atom stereocenters. The quantitative estimate of drug-likeness (QED) is 0.827. The fraction of sp³-hybridized carbons (Fsp3) is 0.417. The molecule has 1 aromatic rings. The van der Waals surface area contributed by atoms with E-state index < -0.39 is 0 Å². The lowest BCUT2D eigenvalue weighted by molar-refractivity contribution is 0.0962. The van der Waals surface area contributed by atoms with Crippen molar-refractivity contribution in [1.82, 2.24) is 5.32 Å². The van der Waals surface area contributed by atoms with Gasteiger partial charge in [-0.3, -0.25) is 4.79 Å². The monoisotopic (exact) mass is 222 g/mol. The number of hydrogen-bond donors (Lipinski definition) is 1. The maximum absolute atomic E-state index is 13.8. The van der Waals surface area contributed by atoms with Gasteiger partial charge in [0.05, 0.1) is 5.69 Å². The van der Waals surface area contributed by atoms with Gasteiger partial charge in [-0.2, -0.15) is 0 Å². The van der Waals surface area contributed by atoms with Crippen LogP contribution in [0.2, 0.25) is 0 Å². The number of carbonyl (C=O) groups excluding carboxylic acids is 1. The van der Waals surface area contributed by atoms with E-state index in [1.165, 1.54) is 13.1 Å². The summed E-state index contributed by atoms with van der Waals surface area (Å²) in [6.07, 6.45) is 2.22. The van der Waals surface area contributed by atoms with E-state index in [1.54, 1.807) is 12.1 Å². The van der Waals surface area contributed by atoms with Gasteiger partial charge in [0, 0.05) is 25.7 Å². The van der Waals surface area contributed by atoms with Crippen molar-refractivity contribution in [2.45, 2.75) is 12.8 Å². The number of benzene rings is 1. The van der Waals surface area contributed by atoms with E-state index >= 15 is 0 Å². The molecule has 86 valence electrons. The van der Waals surface area contributed by atoms with Crippen LogP contribution in [0.3, 0.4) is 0 Å². The third kappa shape index (κ3) is 2.01. The van der Waals surface area contributed by atoms with Gasteiger partial charge in [-0.15, -0.1) is 0 Å². The number of nitrogens with zero attached hydrogens (tertiary/aromatic N) is 1. The molecule has 16 heavy (non-hydrogen) atoms. The van der Waals surface area contributed by atoms with Crippen molar-refractivity contribution in [1.29, 1.82) is 0 Å². The minimum atomic E-state index is -0.317. The molecule has 1 aromatic carbocycles. The molecule has 2 rings (SSSR count). The van der Waals surface area contributed by atoms with Crippen molar-refractivity contribution in [3.8, 4) is 0 Å². The Morgan fingerprint density at radius 3 is 2.62 bits per heavy atom. The Morgan fingerprint density at radius 1 is 1.38 bits per heavy atom. The third-order valence-corrected chi connectivity index (χ3v) is 2.88. The standard InChI is InChI=1S/C12H15FN2O/c1-14-12(16)9-4-5-11(10(13)8-9)15-6-2-3-7-15/h4-5,8H,2-3,6-7H2,1H3,(H,14,16). The fourth-order valence-corrected chi connectivity index (χ4v) is 2.01. The van der Waals surface area contributed by atoms with Crippen molar-refractivity contribution in [2.24, 2.45) is 0 Å². The molecule has 0 spiro atoms.